The molecule has 0 aliphatic carbocycles. The molecule has 1 rings (SSSR count). The van der Waals surface area contributed by atoms with E-state index in [1.54, 1.807) is 6.07 Å². The average molecular weight is 285 g/mol. The van der Waals surface area contributed by atoms with E-state index in [1.807, 2.05) is 13.8 Å². The van der Waals surface area contributed by atoms with Crippen LogP contribution in [0.15, 0.2) is 36.4 Å². The van der Waals surface area contributed by atoms with Crippen molar-refractivity contribution in [2.75, 3.05) is 6.54 Å². The maximum atomic E-state index is 12.7. The van der Waals surface area contributed by atoms with Crippen molar-refractivity contribution in [1.29, 1.82) is 0 Å². The Kier molecular flexibility index (Phi) is 6.27. The summed E-state index contributed by atoms with van der Waals surface area (Å²) < 4.78 is 38.1. The highest BCUT2D eigenvalue weighted by molar-refractivity contribution is 5.26. The van der Waals surface area contributed by atoms with E-state index in [9.17, 15) is 13.2 Å². The first-order chi connectivity index (χ1) is 9.36. The molecule has 1 unspecified atom stereocenters. The molecule has 112 valence electrons. The number of rotatable bonds is 7. The van der Waals surface area contributed by atoms with Gasteiger partial charge in [0, 0.05) is 6.04 Å². The third-order valence-electron chi connectivity index (χ3n) is 3.26. The van der Waals surface area contributed by atoms with Gasteiger partial charge in [-0.05, 0) is 37.4 Å². The lowest BCUT2D eigenvalue weighted by atomic mass is 9.97. The van der Waals surface area contributed by atoms with Crippen molar-refractivity contribution in [2.45, 2.75) is 45.3 Å². The standard InChI is InChI=1S/C16H22F3N/c1-4-12(3)9-15(20-5-2)11-13-7-6-8-14(10-13)16(17,18)19/h6-8,10,15,20H,3-5,9,11H2,1-2H3. The zero-order chi connectivity index (χ0) is 15.2. The fraction of sp³-hybridized carbons (Fsp3) is 0.500. The molecule has 0 aromatic heterocycles. The van der Waals surface area contributed by atoms with Gasteiger partial charge < -0.3 is 5.32 Å². The van der Waals surface area contributed by atoms with Crippen LogP contribution in [0, 0.1) is 0 Å². The Morgan fingerprint density at radius 1 is 1.30 bits per heavy atom. The maximum absolute atomic E-state index is 12.7. The molecule has 0 radical (unpaired) electrons. The Morgan fingerprint density at radius 2 is 2.00 bits per heavy atom. The summed E-state index contributed by atoms with van der Waals surface area (Å²) in [4.78, 5) is 0. The number of hydrogen-bond acceptors (Lipinski definition) is 1. The minimum Gasteiger partial charge on any atom is -0.314 e. The van der Waals surface area contributed by atoms with Crippen LogP contribution in [0.4, 0.5) is 13.2 Å². The Morgan fingerprint density at radius 3 is 2.55 bits per heavy atom. The van der Waals surface area contributed by atoms with E-state index in [1.165, 1.54) is 12.1 Å². The molecule has 0 heterocycles. The summed E-state index contributed by atoms with van der Waals surface area (Å²) in [6.45, 7) is 8.80. The second-order valence-corrected chi connectivity index (χ2v) is 4.96. The lowest BCUT2D eigenvalue weighted by Crippen LogP contribution is -2.31. The van der Waals surface area contributed by atoms with E-state index in [4.69, 9.17) is 0 Å². The van der Waals surface area contributed by atoms with Crippen molar-refractivity contribution in [3.63, 3.8) is 0 Å². The summed E-state index contributed by atoms with van der Waals surface area (Å²) >= 11 is 0. The molecule has 0 bridgehead atoms. The zero-order valence-corrected chi connectivity index (χ0v) is 12.1. The fourth-order valence-electron chi connectivity index (χ4n) is 2.16. The van der Waals surface area contributed by atoms with Crippen LogP contribution in [0.2, 0.25) is 0 Å². The van der Waals surface area contributed by atoms with Gasteiger partial charge in [0.05, 0.1) is 5.56 Å². The van der Waals surface area contributed by atoms with E-state index < -0.39 is 11.7 Å². The summed E-state index contributed by atoms with van der Waals surface area (Å²) in [7, 11) is 0. The summed E-state index contributed by atoms with van der Waals surface area (Å²) in [6.07, 6.45) is -2.02. The molecule has 20 heavy (non-hydrogen) atoms. The second-order valence-electron chi connectivity index (χ2n) is 4.96. The van der Waals surface area contributed by atoms with E-state index in [0.29, 0.717) is 12.0 Å². The van der Waals surface area contributed by atoms with E-state index in [-0.39, 0.29) is 6.04 Å². The molecule has 1 aromatic carbocycles. The van der Waals surface area contributed by atoms with E-state index >= 15 is 0 Å². The Balaban J connectivity index is 2.80. The SMILES string of the molecule is C=C(CC)CC(Cc1cccc(C(F)(F)F)c1)NCC. The first-order valence-corrected chi connectivity index (χ1v) is 6.93. The molecule has 1 atom stereocenters. The third kappa shape index (κ3) is 5.37. The highest BCUT2D eigenvalue weighted by Crippen LogP contribution is 2.29. The van der Waals surface area contributed by atoms with E-state index in [0.717, 1.165) is 31.0 Å². The zero-order valence-electron chi connectivity index (χ0n) is 12.1. The molecule has 1 N–H and O–H groups in total. The molecule has 1 aromatic rings. The van der Waals surface area contributed by atoms with Crippen molar-refractivity contribution >= 4 is 0 Å². The largest absolute Gasteiger partial charge is 0.416 e. The van der Waals surface area contributed by atoms with Gasteiger partial charge in [0.2, 0.25) is 0 Å². The summed E-state index contributed by atoms with van der Waals surface area (Å²) in [5.41, 5.74) is 1.23. The van der Waals surface area contributed by atoms with Gasteiger partial charge in [-0.1, -0.05) is 44.2 Å². The molecule has 0 aliphatic rings. The molecule has 0 aliphatic heterocycles. The van der Waals surface area contributed by atoms with Crippen LogP contribution in [-0.4, -0.2) is 12.6 Å². The predicted molar refractivity (Wildman–Crippen MR) is 76.7 cm³/mol. The number of alkyl halides is 3. The van der Waals surface area contributed by atoms with E-state index in [2.05, 4.69) is 11.9 Å². The quantitative estimate of drug-likeness (QED) is 0.723. The van der Waals surface area contributed by atoms with Crippen molar-refractivity contribution < 1.29 is 13.2 Å². The predicted octanol–water partition coefficient (Wildman–Crippen LogP) is 4.58. The summed E-state index contributed by atoms with van der Waals surface area (Å²) in [5.74, 6) is 0. The normalized spacial score (nSPS) is 13.2. The van der Waals surface area contributed by atoms with Gasteiger partial charge in [-0.15, -0.1) is 0 Å². The number of halogens is 3. The first-order valence-electron chi connectivity index (χ1n) is 6.93. The third-order valence-corrected chi connectivity index (χ3v) is 3.26. The molecule has 0 amide bonds. The van der Waals surface area contributed by atoms with Gasteiger partial charge >= 0.3 is 6.18 Å². The van der Waals surface area contributed by atoms with Crippen LogP contribution < -0.4 is 5.32 Å². The Hall–Kier alpha value is -1.29. The molecular formula is C16H22F3N. The first kappa shape index (κ1) is 16.8. The van der Waals surface area contributed by atoms with Crippen LogP contribution in [0.5, 0.6) is 0 Å². The van der Waals surface area contributed by atoms with Crippen molar-refractivity contribution in [1.82, 2.24) is 5.32 Å². The Labute approximate surface area is 118 Å². The molecular weight excluding hydrogens is 263 g/mol. The lowest BCUT2D eigenvalue weighted by molar-refractivity contribution is -0.137. The number of benzene rings is 1. The molecule has 1 nitrogen and oxygen atoms in total. The van der Waals surface area contributed by atoms with Gasteiger partial charge in [-0.25, -0.2) is 0 Å². The van der Waals surface area contributed by atoms with Crippen LogP contribution in [-0.2, 0) is 12.6 Å². The molecule has 0 fully saturated rings. The van der Waals surface area contributed by atoms with Gasteiger partial charge in [0.15, 0.2) is 0 Å². The molecule has 0 spiro atoms. The van der Waals surface area contributed by atoms with Crippen molar-refractivity contribution in [3.8, 4) is 0 Å². The second kappa shape index (κ2) is 7.48. The highest BCUT2D eigenvalue weighted by atomic mass is 19.4. The highest BCUT2D eigenvalue weighted by Gasteiger charge is 2.30. The smallest absolute Gasteiger partial charge is 0.314 e. The fourth-order valence-corrected chi connectivity index (χ4v) is 2.16. The van der Waals surface area contributed by atoms with Crippen LogP contribution >= 0.6 is 0 Å². The number of nitrogens with one attached hydrogen (secondary N) is 1. The van der Waals surface area contributed by atoms with Crippen molar-refractivity contribution in [2.24, 2.45) is 0 Å². The molecule has 0 saturated heterocycles. The maximum Gasteiger partial charge on any atom is 0.416 e. The van der Waals surface area contributed by atoms with Gasteiger partial charge in [0.1, 0.15) is 0 Å². The summed E-state index contributed by atoms with van der Waals surface area (Å²) in [6, 6.07) is 5.69. The Bertz CT molecular complexity index is 438. The monoisotopic (exact) mass is 285 g/mol. The van der Waals surface area contributed by atoms with Crippen LogP contribution in [0.3, 0.4) is 0 Å². The van der Waals surface area contributed by atoms with Crippen LogP contribution in [0.25, 0.3) is 0 Å². The van der Waals surface area contributed by atoms with Gasteiger partial charge in [-0.3, -0.25) is 0 Å². The van der Waals surface area contributed by atoms with Crippen molar-refractivity contribution in [3.05, 3.63) is 47.5 Å². The lowest BCUT2D eigenvalue weighted by Gasteiger charge is -2.19. The van der Waals surface area contributed by atoms with Gasteiger partial charge in [-0.2, -0.15) is 13.2 Å². The van der Waals surface area contributed by atoms with Gasteiger partial charge in [0.25, 0.3) is 0 Å². The topological polar surface area (TPSA) is 12.0 Å². The number of likely N-dealkylation sites (N-methyl/N-ethyl adjacent to an activating group) is 1. The average Bonchev–Trinajstić information content (AvgIpc) is 2.38. The minimum absolute atomic E-state index is 0.135. The number of hydrogen-bond donors (Lipinski definition) is 1. The molecule has 0 saturated carbocycles. The molecule has 4 heteroatoms. The summed E-state index contributed by atoms with van der Waals surface area (Å²) in [5, 5.41) is 3.31. The minimum atomic E-state index is -4.28. The van der Waals surface area contributed by atoms with Crippen LogP contribution in [0.1, 0.15) is 37.8 Å².